The summed E-state index contributed by atoms with van der Waals surface area (Å²) in [5.74, 6) is 0. The second kappa shape index (κ2) is 9.79. The van der Waals surface area contributed by atoms with E-state index in [1.165, 1.54) is 0 Å². The van der Waals surface area contributed by atoms with Crippen molar-refractivity contribution in [2.24, 2.45) is 0 Å². The summed E-state index contributed by atoms with van der Waals surface area (Å²) in [5.41, 5.74) is 5.75. The SMILES string of the molecule is Cc1ccc(C)c(S(=O)(=O)Nc2ccc(-c3ccc(NS(=O)(=O)c4cc(C)ccc4C)cc3)cc2)c1. The maximum atomic E-state index is 12.9. The van der Waals surface area contributed by atoms with E-state index in [9.17, 15) is 16.8 Å². The van der Waals surface area contributed by atoms with Gasteiger partial charge < -0.3 is 0 Å². The van der Waals surface area contributed by atoms with Gasteiger partial charge in [0.2, 0.25) is 0 Å². The molecule has 6 nitrogen and oxygen atoms in total. The largest absolute Gasteiger partial charge is 0.280 e. The lowest BCUT2D eigenvalue weighted by Crippen LogP contribution is -2.14. The van der Waals surface area contributed by atoms with Crippen molar-refractivity contribution < 1.29 is 16.8 Å². The van der Waals surface area contributed by atoms with Gasteiger partial charge in [-0.25, -0.2) is 16.8 Å². The van der Waals surface area contributed by atoms with Gasteiger partial charge in [0.1, 0.15) is 0 Å². The van der Waals surface area contributed by atoms with Crippen LogP contribution in [0.25, 0.3) is 11.1 Å². The number of nitrogens with one attached hydrogen (secondary N) is 2. The zero-order valence-electron chi connectivity index (χ0n) is 20.5. The normalized spacial score (nSPS) is 11.8. The minimum Gasteiger partial charge on any atom is -0.280 e. The first-order valence-corrected chi connectivity index (χ1v) is 14.3. The first-order valence-electron chi connectivity index (χ1n) is 11.4. The van der Waals surface area contributed by atoms with Crippen molar-refractivity contribution in [2.45, 2.75) is 37.5 Å². The maximum Gasteiger partial charge on any atom is 0.262 e. The van der Waals surface area contributed by atoms with E-state index in [0.717, 1.165) is 22.3 Å². The lowest BCUT2D eigenvalue weighted by atomic mass is 10.1. The van der Waals surface area contributed by atoms with E-state index in [1.54, 1.807) is 62.4 Å². The van der Waals surface area contributed by atoms with Gasteiger partial charge in [-0.2, -0.15) is 0 Å². The van der Waals surface area contributed by atoms with Crippen molar-refractivity contribution in [3.05, 3.63) is 107 Å². The molecule has 0 aliphatic rings. The van der Waals surface area contributed by atoms with Crippen molar-refractivity contribution in [3.8, 4) is 11.1 Å². The number of hydrogen-bond acceptors (Lipinski definition) is 4. The molecule has 0 spiro atoms. The van der Waals surface area contributed by atoms with Crippen LogP contribution in [0.1, 0.15) is 22.3 Å². The lowest BCUT2D eigenvalue weighted by Gasteiger charge is -2.13. The molecule has 0 saturated carbocycles. The molecule has 0 bridgehead atoms. The summed E-state index contributed by atoms with van der Waals surface area (Å²) in [5, 5.41) is 0. The third-order valence-corrected chi connectivity index (χ3v) is 8.92. The predicted molar refractivity (Wildman–Crippen MR) is 145 cm³/mol. The van der Waals surface area contributed by atoms with Crippen LogP contribution in [0, 0.1) is 27.7 Å². The van der Waals surface area contributed by atoms with Crippen molar-refractivity contribution in [2.75, 3.05) is 9.44 Å². The summed E-state index contributed by atoms with van der Waals surface area (Å²) in [6, 6.07) is 24.7. The highest BCUT2D eigenvalue weighted by Gasteiger charge is 2.18. The van der Waals surface area contributed by atoms with Crippen LogP contribution in [0.4, 0.5) is 11.4 Å². The molecule has 4 rings (SSSR count). The summed E-state index contributed by atoms with van der Waals surface area (Å²) in [4.78, 5) is 0.510. The molecule has 36 heavy (non-hydrogen) atoms. The molecule has 4 aromatic carbocycles. The predicted octanol–water partition coefficient (Wildman–Crippen LogP) is 6.19. The molecular formula is C28H28N2O4S2. The van der Waals surface area contributed by atoms with Gasteiger partial charge in [0, 0.05) is 11.4 Å². The second-order valence-electron chi connectivity index (χ2n) is 8.90. The molecule has 0 aliphatic carbocycles. The third kappa shape index (κ3) is 5.61. The van der Waals surface area contributed by atoms with Crippen LogP contribution < -0.4 is 9.44 Å². The minimum absolute atomic E-state index is 0.255. The van der Waals surface area contributed by atoms with Crippen LogP contribution in [-0.4, -0.2) is 16.8 Å². The van der Waals surface area contributed by atoms with Crippen molar-refractivity contribution in [1.82, 2.24) is 0 Å². The molecule has 0 amide bonds. The average molecular weight is 521 g/mol. The first-order chi connectivity index (χ1) is 16.9. The Morgan fingerprint density at radius 2 is 0.806 bits per heavy atom. The van der Waals surface area contributed by atoms with Gasteiger partial charge >= 0.3 is 0 Å². The van der Waals surface area contributed by atoms with E-state index in [2.05, 4.69) is 9.44 Å². The number of sulfonamides is 2. The zero-order chi connectivity index (χ0) is 26.1. The highest BCUT2D eigenvalue weighted by Crippen LogP contribution is 2.27. The van der Waals surface area contributed by atoms with Gasteiger partial charge in [-0.3, -0.25) is 9.44 Å². The molecular weight excluding hydrogens is 492 g/mol. The fourth-order valence-corrected chi connectivity index (χ4v) is 6.65. The van der Waals surface area contributed by atoms with Gasteiger partial charge in [0.25, 0.3) is 20.0 Å². The number of hydrogen-bond donors (Lipinski definition) is 2. The molecule has 0 aromatic heterocycles. The van der Waals surface area contributed by atoms with Crippen molar-refractivity contribution in [1.29, 1.82) is 0 Å². The number of aryl methyl sites for hydroxylation is 4. The number of anilines is 2. The quantitative estimate of drug-likeness (QED) is 0.304. The molecule has 0 saturated heterocycles. The molecule has 0 unspecified atom stereocenters. The third-order valence-electron chi connectivity index (χ3n) is 5.87. The second-order valence-corrected chi connectivity index (χ2v) is 12.2. The Morgan fingerprint density at radius 1 is 0.472 bits per heavy atom. The molecule has 2 N–H and O–H groups in total. The fourth-order valence-electron chi connectivity index (χ4n) is 3.88. The summed E-state index contributed by atoms with van der Waals surface area (Å²) in [6.07, 6.45) is 0. The minimum atomic E-state index is -3.71. The fraction of sp³-hybridized carbons (Fsp3) is 0.143. The van der Waals surface area contributed by atoms with Crippen LogP contribution >= 0.6 is 0 Å². The average Bonchev–Trinajstić information content (AvgIpc) is 2.82. The monoisotopic (exact) mass is 520 g/mol. The molecule has 0 fully saturated rings. The Balaban J connectivity index is 1.49. The Bertz CT molecular complexity index is 1500. The van der Waals surface area contributed by atoms with E-state index in [-0.39, 0.29) is 9.79 Å². The Hall–Kier alpha value is -3.62. The van der Waals surface area contributed by atoms with Crippen molar-refractivity contribution in [3.63, 3.8) is 0 Å². The molecule has 4 aromatic rings. The van der Waals surface area contributed by atoms with E-state index in [4.69, 9.17) is 0 Å². The van der Waals surface area contributed by atoms with E-state index < -0.39 is 20.0 Å². The van der Waals surface area contributed by atoms with Crippen LogP contribution in [0.3, 0.4) is 0 Å². The molecule has 0 aliphatic heterocycles. The zero-order valence-corrected chi connectivity index (χ0v) is 22.2. The van der Waals surface area contributed by atoms with Gasteiger partial charge in [0.05, 0.1) is 9.79 Å². The smallest absolute Gasteiger partial charge is 0.262 e. The summed E-state index contributed by atoms with van der Waals surface area (Å²) >= 11 is 0. The molecule has 8 heteroatoms. The molecule has 0 atom stereocenters. The van der Waals surface area contributed by atoms with Gasteiger partial charge in [-0.05, 0) is 97.5 Å². The standard InChI is InChI=1S/C28H28N2O4S2/c1-19-5-7-21(3)27(17-19)35(31,32)29-25-13-9-23(10-14-25)24-11-15-26(16-12-24)30-36(33,34)28-18-20(2)6-8-22(28)4/h5-18,29-30H,1-4H3. The van der Waals surface area contributed by atoms with Crippen molar-refractivity contribution >= 4 is 31.4 Å². The lowest BCUT2D eigenvalue weighted by molar-refractivity contribution is 0.598. The molecule has 186 valence electrons. The van der Waals surface area contributed by atoms with Gasteiger partial charge in [0.15, 0.2) is 0 Å². The highest BCUT2D eigenvalue weighted by atomic mass is 32.2. The highest BCUT2D eigenvalue weighted by molar-refractivity contribution is 7.93. The molecule has 0 radical (unpaired) electrons. The number of rotatable bonds is 7. The Kier molecular flexibility index (Phi) is 6.93. The Labute approximate surface area is 213 Å². The summed E-state index contributed by atoms with van der Waals surface area (Å²) in [7, 11) is -7.42. The van der Waals surface area contributed by atoms with Gasteiger partial charge in [-0.15, -0.1) is 0 Å². The van der Waals surface area contributed by atoms with E-state index >= 15 is 0 Å². The Morgan fingerprint density at radius 3 is 1.14 bits per heavy atom. The topological polar surface area (TPSA) is 92.3 Å². The van der Waals surface area contributed by atoms with Crippen LogP contribution in [0.15, 0.2) is 94.7 Å². The molecule has 0 heterocycles. The van der Waals surface area contributed by atoms with Crippen LogP contribution in [0.5, 0.6) is 0 Å². The van der Waals surface area contributed by atoms with E-state index in [1.807, 2.05) is 50.2 Å². The first kappa shape index (κ1) is 25.5. The maximum absolute atomic E-state index is 12.9. The summed E-state index contributed by atoms with van der Waals surface area (Å²) in [6.45, 7) is 7.24. The van der Waals surface area contributed by atoms with Crippen LogP contribution in [0.2, 0.25) is 0 Å². The van der Waals surface area contributed by atoms with Gasteiger partial charge in [-0.1, -0.05) is 48.5 Å². The summed E-state index contributed by atoms with van der Waals surface area (Å²) < 4.78 is 56.7. The van der Waals surface area contributed by atoms with E-state index in [0.29, 0.717) is 22.5 Å². The number of benzene rings is 4. The van der Waals surface area contributed by atoms with Crippen LogP contribution in [-0.2, 0) is 20.0 Å².